The van der Waals surface area contributed by atoms with Crippen molar-refractivity contribution >= 4 is 17.7 Å². The van der Waals surface area contributed by atoms with Crippen molar-refractivity contribution in [3.05, 3.63) is 29.8 Å². The lowest BCUT2D eigenvalue weighted by Crippen LogP contribution is -2.31. The quantitative estimate of drug-likeness (QED) is 0.731. The summed E-state index contributed by atoms with van der Waals surface area (Å²) in [5.41, 5.74) is 2.26. The van der Waals surface area contributed by atoms with Gasteiger partial charge in [0.25, 0.3) is 0 Å². The average molecular weight is 332 g/mol. The van der Waals surface area contributed by atoms with E-state index in [1.165, 1.54) is 17.3 Å². The summed E-state index contributed by atoms with van der Waals surface area (Å²) in [5, 5.41) is 9.44. The standard InChI is InChI=1S/C17H24N4OS/c1-5-20(6-2)15(22)12-23-17-19-18-16(21(17)7-3)14-11-9-8-10-13(14)4/h8-11H,5-7,12H2,1-4H3. The third kappa shape index (κ3) is 3.93. The average Bonchev–Trinajstić information content (AvgIpc) is 2.97. The van der Waals surface area contributed by atoms with Crippen LogP contribution in [0.15, 0.2) is 29.4 Å². The van der Waals surface area contributed by atoms with Crippen molar-refractivity contribution in [3.63, 3.8) is 0 Å². The van der Waals surface area contributed by atoms with Crippen LogP contribution in [0.2, 0.25) is 0 Å². The van der Waals surface area contributed by atoms with E-state index in [0.717, 1.165) is 36.2 Å². The molecule has 0 saturated heterocycles. The number of benzene rings is 1. The molecule has 124 valence electrons. The van der Waals surface area contributed by atoms with Gasteiger partial charge >= 0.3 is 0 Å². The van der Waals surface area contributed by atoms with E-state index in [4.69, 9.17) is 0 Å². The van der Waals surface area contributed by atoms with Crippen molar-refractivity contribution in [3.8, 4) is 11.4 Å². The predicted octanol–water partition coefficient (Wildman–Crippen LogP) is 3.23. The number of carbonyl (C=O) groups is 1. The number of aryl methyl sites for hydroxylation is 1. The highest BCUT2D eigenvalue weighted by molar-refractivity contribution is 7.99. The van der Waals surface area contributed by atoms with Crippen LogP contribution < -0.4 is 0 Å². The molecule has 6 heteroatoms. The van der Waals surface area contributed by atoms with Gasteiger partial charge in [-0.15, -0.1) is 10.2 Å². The summed E-state index contributed by atoms with van der Waals surface area (Å²) in [6, 6.07) is 8.15. The molecular weight excluding hydrogens is 308 g/mol. The SMILES string of the molecule is CCN(CC)C(=O)CSc1nnc(-c2ccccc2C)n1CC. The second-order valence-electron chi connectivity index (χ2n) is 5.22. The zero-order chi connectivity index (χ0) is 16.8. The largest absolute Gasteiger partial charge is 0.343 e. The highest BCUT2D eigenvalue weighted by atomic mass is 32.2. The van der Waals surface area contributed by atoms with Gasteiger partial charge in [-0.1, -0.05) is 36.0 Å². The molecule has 0 spiro atoms. The molecule has 0 fully saturated rings. The van der Waals surface area contributed by atoms with Crippen LogP contribution in [0.1, 0.15) is 26.3 Å². The third-order valence-corrected chi connectivity index (χ3v) is 4.81. The lowest BCUT2D eigenvalue weighted by atomic mass is 10.1. The van der Waals surface area contributed by atoms with Crippen molar-refractivity contribution in [1.82, 2.24) is 19.7 Å². The number of nitrogens with zero attached hydrogens (tertiary/aromatic N) is 4. The first-order chi connectivity index (χ1) is 11.1. The summed E-state index contributed by atoms with van der Waals surface area (Å²) in [6.07, 6.45) is 0. The highest BCUT2D eigenvalue weighted by Gasteiger charge is 2.17. The topological polar surface area (TPSA) is 51.0 Å². The van der Waals surface area contributed by atoms with Crippen molar-refractivity contribution in [2.45, 2.75) is 39.4 Å². The number of rotatable bonds is 7. The Labute approximate surface area is 142 Å². The van der Waals surface area contributed by atoms with Crippen molar-refractivity contribution in [2.24, 2.45) is 0 Å². The highest BCUT2D eigenvalue weighted by Crippen LogP contribution is 2.26. The van der Waals surface area contributed by atoms with Crippen molar-refractivity contribution in [2.75, 3.05) is 18.8 Å². The number of hydrogen-bond donors (Lipinski definition) is 0. The molecule has 0 bridgehead atoms. The maximum Gasteiger partial charge on any atom is 0.233 e. The van der Waals surface area contributed by atoms with Crippen LogP contribution in [0.5, 0.6) is 0 Å². The van der Waals surface area contributed by atoms with Gasteiger partial charge in [0.2, 0.25) is 5.91 Å². The summed E-state index contributed by atoms with van der Waals surface area (Å²) >= 11 is 1.46. The molecule has 0 aliphatic carbocycles. The number of aromatic nitrogens is 3. The van der Waals surface area contributed by atoms with Crippen LogP contribution in [0.4, 0.5) is 0 Å². The maximum atomic E-state index is 12.2. The first-order valence-corrected chi connectivity index (χ1v) is 9.00. The number of thioether (sulfide) groups is 1. The van der Waals surface area contributed by atoms with Crippen LogP contribution in [0, 0.1) is 6.92 Å². The van der Waals surface area contributed by atoms with E-state index in [1.54, 1.807) is 0 Å². The lowest BCUT2D eigenvalue weighted by Gasteiger charge is -2.18. The van der Waals surface area contributed by atoms with Gasteiger partial charge in [-0.05, 0) is 33.3 Å². The summed E-state index contributed by atoms with van der Waals surface area (Å²) in [5.74, 6) is 1.40. The van der Waals surface area contributed by atoms with Crippen LogP contribution in [0.25, 0.3) is 11.4 Å². The lowest BCUT2D eigenvalue weighted by molar-refractivity contribution is -0.127. The molecule has 2 rings (SSSR count). The monoisotopic (exact) mass is 332 g/mol. The van der Waals surface area contributed by atoms with Gasteiger partial charge in [0.1, 0.15) is 0 Å². The Morgan fingerprint density at radius 3 is 2.48 bits per heavy atom. The van der Waals surface area contributed by atoms with Crippen LogP contribution in [-0.2, 0) is 11.3 Å². The van der Waals surface area contributed by atoms with E-state index in [1.807, 2.05) is 30.9 Å². The first-order valence-electron chi connectivity index (χ1n) is 8.02. The molecule has 0 aliphatic heterocycles. The minimum absolute atomic E-state index is 0.142. The molecule has 1 amide bonds. The van der Waals surface area contributed by atoms with Gasteiger partial charge in [0.05, 0.1) is 5.75 Å². The summed E-state index contributed by atoms with van der Waals surface area (Å²) in [6.45, 7) is 10.4. The zero-order valence-electron chi connectivity index (χ0n) is 14.2. The normalized spacial score (nSPS) is 10.8. The van der Waals surface area contributed by atoms with Crippen LogP contribution >= 0.6 is 11.8 Å². The minimum atomic E-state index is 0.142. The molecular formula is C17H24N4OS. The molecule has 0 saturated carbocycles. The Kier molecular flexibility index (Phi) is 6.21. The van der Waals surface area contributed by atoms with E-state index < -0.39 is 0 Å². The van der Waals surface area contributed by atoms with Gasteiger partial charge in [-0.3, -0.25) is 4.79 Å². The van der Waals surface area contributed by atoms with E-state index in [2.05, 4.69) is 40.7 Å². The van der Waals surface area contributed by atoms with E-state index in [9.17, 15) is 4.79 Å². The van der Waals surface area contributed by atoms with Gasteiger partial charge in [0, 0.05) is 25.2 Å². The van der Waals surface area contributed by atoms with Gasteiger partial charge in [0.15, 0.2) is 11.0 Å². The first kappa shape index (κ1) is 17.5. The summed E-state index contributed by atoms with van der Waals surface area (Å²) < 4.78 is 2.07. The zero-order valence-corrected chi connectivity index (χ0v) is 15.1. The van der Waals surface area contributed by atoms with Crippen LogP contribution in [0.3, 0.4) is 0 Å². The molecule has 0 aliphatic rings. The molecule has 23 heavy (non-hydrogen) atoms. The smallest absolute Gasteiger partial charge is 0.233 e. The van der Waals surface area contributed by atoms with Gasteiger partial charge < -0.3 is 9.47 Å². The Morgan fingerprint density at radius 2 is 1.87 bits per heavy atom. The maximum absolute atomic E-state index is 12.2. The fraction of sp³-hybridized carbons (Fsp3) is 0.471. The minimum Gasteiger partial charge on any atom is -0.343 e. The van der Waals surface area contributed by atoms with Gasteiger partial charge in [-0.2, -0.15) is 0 Å². The fourth-order valence-corrected chi connectivity index (χ4v) is 3.40. The second-order valence-corrected chi connectivity index (χ2v) is 6.16. The van der Waals surface area contributed by atoms with E-state index in [0.29, 0.717) is 5.75 Å². The Hall–Kier alpha value is -1.82. The van der Waals surface area contributed by atoms with Crippen molar-refractivity contribution < 1.29 is 4.79 Å². The molecule has 1 aromatic heterocycles. The Morgan fingerprint density at radius 1 is 1.17 bits per heavy atom. The Balaban J connectivity index is 2.19. The third-order valence-electron chi connectivity index (χ3n) is 3.86. The van der Waals surface area contributed by atoms with Crippen LogP contribution in [-0.4, -0.2) is 44.4 Å². The number of carbonyl (C=O) groups excluding carboxylic acids is 1. The molecule has 2 aromatic rings. The molecule has 5 nitrogen and oxygen atoms in total. The summed E-state index contributed by atoms with van der Waals surface area (Å²) in [4.78, 5) is 14.0. The molecule has 0 atom stereocenters. The molecule has 0 N–H and O–H groups in total. The fourth-order valence-electron chi connectivity index (χ4n) is 2.50. The Bertz CT molecular complexity index is 664. The van der Waals surface area contributed by atoms with Crippen molar-refractivity contribution in [1.29, 1.82) is 0 Å². The number of hydrogen-bond acceptors (Lipinski definition) is 4. The molecule has 0 unspecified atom stereocenters. The van der Waals surface area contributed by atoms with Gasteiger partial charge in [-0.25, -0.2) is 0 Å². The molecule has 1 aromatic carbocycles. The number of amides is 1. The second kappa shape index (κ2) is 8.15. The molecule has 0 radical (unpaired) electrons. The molecule has 1 heterocycles. The summed E-state index contributed by atoms with van der Waals surface area (Å²) in [7, 11) is 0. The predicted molar refractivity (Wildman–Crippen MR) is 94.5 cm³/mol. The van der Waals surface area contributed by atoms with E-state index in [-0.39, 0.29) is 5.91 Å². The van der Waals surface area contributed by atoms with E-state index >= 15 is 0 Å².